The zero-order valence-electron chi connectivity index (χ0n) is 14.3. The first kappa shape index (κ1) is 19.0. The van der Waals surface area contributed by atoms with Gasteiger partial charge in [-0.05, 0) is 43.8 Å². The van der Waals surface area contributed by atoms with Gasteiger partial charge in [-0.15, -0.1) is 12.4 Å². The van der Waals surface area contributed by atoms with Crippen molar-refractivity contribution in [2.75, 3.05) is 7.05 Å². The van der Waals surface area contributed by atoms with Gasteiger partial charge in [-0.1, -0.05) is 35.5 Å². The highest BCUT2D eigenvalue weighted by atomic mass is 35.5. The maximum absolute atomic E-state index is 5.78. The predicted octanol–water partition coefficient (Wildman–Crippen LogP) is 3.89. The topological polar surface area (TPSA) is 60.2 Å². The molecule has 0 saturated heterocycles. The molecular formula is C19H22ClN3O2. The third kappa shape index (κ3) is 5.31. The van der Waals surface area contributed by atoms with Crippen molar-refractivity contribution in [2.24, 2.45) is 0 Å². The SMILES string of the molecule is CNC(C)Cc1noc(-c2ccc(OCc3ccccc3)cc2)n1.Cl. The Morgan fingerprint density at radius 3 is 2.48 bits per heavy atom. The quantitative estimate of drug-likeness (QED) is 0.693. The molecular weight excluding hydrogens is 338 g/mol. The Hall–Kier alpha value is -2.37. The van der Waals surface area contributed by atoms with Gasteiger partial charge in [0, 0.05) is 18.0 Å². The summed E-state index contributed by atoms with van der Waals surface area (Å²) in [7, 11) is 1.92. The smallest absolute Gasteiger partial charge is 0.257 e. The van der Waals surface area contributed by atoms with Crippen molar-refractivity contribution < 1.29 is 9.26 Å². The summed E-state index contributed by atoms with van der Waals surface area (Å²) in [5.41, 5.74) is 2.03. The van der Waals surface area contributed by atoms with E-state index in [-0.39, 0.29) is 12.4 Å². The molecule has 25 heavy (non-hydrogen) atoms. The maximum Gasteiger partial charge on any atom is 0.257 e. The van der Waals surface area contributed by atoms with Gasteiger partial charge in [0.2, 0.25) is 0 Å². The van der Waals surface area contributed by atoms with Crippen LogP contribution in [-0.2, 0) is 13.0 Å². The molecule has 1 atom stereocenters. The molecule has 3 aromatic rings. The van der Waals surface area contributed by atoms with E-state index in [0.29, 0.717) is 24.4 Å². The minimum Gasteiger partial charge on any atom is -0.489 e. The molecule has 0 fully saturated rings. The van der Waals surface area contributed by atoms with E-state index in [2.05, 4.69) is 22.4 Å². The van der Waals surface area contributed by atoms with Crippen LogP contribution >= 0.6 is 12.4 Å². The molecule has 0 saturated carbocycles. The van der Waals surface area contributed by atoms with Crippen LogP contribution in [0.3, 0.4) is 0 Å². The van der Waals surface area contributed by atoms with Crippen molar-refractivity contribution in [1.29, 1.82) is 0 Å². The highest BCUT2D eigenvalue weighted by Crippen LogP contribution is 2.21. The van der Waals surface area contributed by atoms with E-state index in [0.717, 1.165) is 23.3 Å². The van der Waals surface area contributed by atoms with E-state index >= 15 is 0 Å². The molecule has 132 valence electrons. The molecule has 0 aliphatic carbocycles. The summed E-state index contributed by atoms with van der Waals surface area (Å²) in [5, 5.41) is 7.18. The lowest BCUT2D eigenvalue weighted by atomic mass is 10.2. The molecule has 0 aliphatic heterocycles. The first-order valence-electron chi connectivity index (χ1n) is 8.01. The molecule has 3 rings (SSSR count). The molecule has 0 aliphatic rings. The maximum atomic E-state index is 5.78. The third-order valence-electron chi connectivity index (χ3n) is 3.80. The number of nitrogens with one attached hydrogen (secondary N) is 1. The summed E-state index contributed by atoms with van der Waals surface area (Å²) < 4.78 is 11.1. The number of nitrogens with zero attached hydrogens (tertiary/aromatic N) is 2. The highest BCUT2D eigenvalue weighted by Gasteiger charge is 2.11. The van der Waals surface area contributed by atoms with Gasteiger partial charge in [-0.2, -0.15) is 4.98 Å². The normalized spacial score (nSPS) is 11.6. The Kier molecular flexibility index (Phi) is 6.98. The second-order valence-corrected chi connectivity index (χ2v) is 5.71. The van der Waals surface area contributed by atoms with Gasteiger partial charge >= 0.3 is 0 Å². The molecule has 1 aromatic heterocycles. The number of hydrogen-bond acceptors (Lipinski definition) is 5. The lowest BCUT2D eigenvalue weighted by Gasteiger charge is -2.06. The van der Waals surface area contributed by atoms with E-state index in [1.165, 1.54) is 0 Å². The Morgan fingerprint density at radius 1 is 1.08 bits per heavy atom. The number of likely N-dealkylation sites (N-methyl/N-ethyl adjacent to an activating group) is 1. The molecule has 1 unspecified atom stereocenters. The fourth-order valence-electron chi connectivity index (χ4n) is 2.26. The standard InChI is InChI=1S/C19H21N3O2.ClH/c1-14(20-2)12-18-21-19(24-22-18)16-8-10-17(11-9-16)23-13-15-6-4-3-5-7-15;/h3-11,14,20H,12-13H2,1-2H3;1H. The van der Waals surface area contributed by atoms with Crippen LogP contribution in [0.25, 0.3) is 11.5 Å². The Balaban J connectivity index is 0.00000225. The van der Waals surface area contributed by atoms with Gasteiger partial charge in [-0.3, -0.25) is 0 Å². The zero-order chi connectivity index (χ0) is 16.8. The fourth-order valence-corrected chi connectivity index (χ4v) is 2.26. The highest BCUT2D eigenvalue weighted by molar-refractivity contribution is 5.85. The van der Waals surface area contributed by atoms with Crippen molar-refractivity contribution in [3.63, 3.8) is 0 Å². The monoisotopic (exact) mass is 359 g/mol. The Bertz CT molecular complexity index is 760. The van der Waals surface area contributed by atoms with Crippen LogP contribution in [0.1, 0.15) is 18.3 Å². The van der Waals surface area contributed by atoms with Gasteiger partial charge in [0.25, 0.3) is 5.89 Å². The fraction of sp³-hybridized carbons (Fsp3) is 0.263. The van der Waals surface area contributed by atoms with Crippen molar-refractivity contribution in [2.45, 2.75) is 26.0 Å². The minimum absolute atomic E-state index is 0. The number of aromatic nitrogens is 2. The van der Waals surface area contributed by atoms with Gasteiger partial charge in [0.15, 0.2) is 5.82 Å². The van der Waals surface area contributed by atoms with Crippen LogP contribution in [0, 0.1) is 0 Å². The summed E-state index contributed by atoms with van der Waals surface area (Å²) in [6.07, 6.45) is 0.734. The van der Waals surface area contributed by atoms with Crippen LogP contribution in [0.2, 0.25) is 0 Å². The summed E-state index contributed by atoms with van der Waals surface area (Å²) in [6.45, 7) is 2.63. The number of hydrogen-bond donors (Lipinski definition) is 1. The van der Waals surface area contributed by atoms with E-state index < -0.39 is 0 Å². The summed E-state index contributed by atoms with van der Waals surface area (Å²) in [6, 6.07) is 18.1. The molecule has 0 radical (unpaired) electrons. The van der Waals surface area contributed by atoms with Crippen molar-refractivity contribution in [3.8, 4) is 17.2 Å². The summed E-state index contributed by atoms with van der Waals surface area (Å²) >= 11 is 0. The first-order valence-corrected chi connectivity index (χ1v) is 8.01. The molecule has 1 heterocycles. The van der Waals surface area contributed by atoms with Gasteiger partial charge in [0.1, 0.15) is 12.4 Å². The number of ether oxygens (including phenoxy) is 1. The second kappa shape index (κ2) is 9.20. The van der Waals surface area contributed by atoms with Crippen LogP contribution in [0.15, 0.2) is 59.1 Å². The summed E-state index contributed by atoms with van der Waals surface area (Å²) in [4.78, 5) is 4.43. The van der Waals surface area contributed by atoms with Crippen LogP contribution in [-0.4, -0.2) is 23.2 Å². The number of halogens is 1. The average molecular weight is 360 g/mol. The molecule has 6 heteroatoms. The molecule has 2 aromatic carbocycles. The van der Waals surface area contributed by atoms with Crippen LogP contribution in [0.5, 0.6) is 5.75 Å². The van der Waals surface area contributed by atoms with E-state index in [1.807, 2.05) is 61.6 Å². The summed E-state index contributed by atoms with van der Waals surface area (Å²) in [5.74, 6) is 2.05. The molecule has 0 spiro atoms. The van der Waals surface area contributed by atoms with Gasteiger partial charge < -0.3 is 14.6 Å². The van der Waals surface area contributed by atoms with E-state index in [9.17, 15) is 0 Å². The zero-order valence-corrected chi connectivity index (χ0v) is 15.1. The second-order valence-electron chi connectivity index (χ2n) is 5.71. The largest absolute Gasteiger partial charge is 0.489 e. The first-order chi connectivity index (χ1) is 11.7. The van der Waals surface area contributed by atoms with Crippen LogP contribution in [0.4, 0.5) is 0 Å². The number of benzene rings is 2. The molecule has 5 nitrogen and oxygen atoms in total. The van der Waals surface area contributed by atoms with E-state index in [1.54, 1.807) is 0 Å². The van der Waals surface area contributed by atoms with Crippen molar-refractivity contribution in [1.82, 2.24) is 15.5 Å². The molecule has 1 N–H and O–H groups in total. The minimum atomic E-state index is 0. The number of rotatable bonds is 7. The van der Waals surface area contributed by atoms with Crippen LogP contribution < -0.4 is 10.1 Å². The Morgan fingerprint density at radius 2 is 1.80 bits per heavy atom. The van der Waals surface area contributed by atoms with Crippen molar-refractivity contribution >= 4 is 12.4 Å². The van der Waals surface area contributed by atoms with Crippen molar-refractivity contribution in [3.05, 3.63) is 66.0 Å². The Labute approximate surface area is 153 Å². The van der Waals surface area contributed by atoms with E-state index in [4.69, 9.17) is 9.26 Å². The molecule has 0 amide bonds. The predicted molar refractivity (Wildman–Crippen MR) is 100.0 cm³/mol. The average Bonchev–Trinajstić information content (AvgIpc) is 3.09. The lowest BCUT2D eigenvalue weighted by Crippen LogP contribution is -2.24. The lowest BCUT2D eigenvalue weighted by molar-refractivity contribution is 0.306. The van der Waals surface area contributed by atoms with Gasteiger partial charge in [-0.25, -0.2) is 0 Å². The third-order valence-corrected chi connectivity index (χ3v) is 3.80. The van der Waals surface area contributed by atoms with Gasteiger partial charge in [0.05, 0.1) is 0 Å². The molecule has 0 bridgehead atoms.